The van der Waals surface area contributed by atoms with Crippen molar-refractivity contribution in [3.63, 3.8) is 0 Å². The number of benzene rings is 8. The molecule has 1 aliphatic rings. The monoisotopic (exact) mass is 734 g/mol. The molecule has 0 N–H and O–H groups in total. The molecular weight excluding hydrogens is 697 g/mol. The molecule has 0 fully saturated rings. The highest BCUT2D eigenvalue weighted by atomic mass is 32.2. The Labute approximate surface area is 332 Å². The van der Waals surface area contributed by atoms with Crippen LogP contribution in [0.4, 0.5) is 17.1 Å². The largest absolute Gasteiger partial charge is 0.310 e. The second-order valence-corrected chi connectivity index (χ2v) is 15.1. The molecule has 1 aromatic heterocycles. The SMILES string of the molecule is CSc1cnc2ccccc2c1-c1ccc(N(c2ccc(-c3ccccc3)cc2)c2ccc3c(c2)C(c2ccccc2)(c2ccccc2)c2ccccc2-3)cc1. The van der Waals surface area contributed by atoms with Crippen LogP contribution >= 0.6 is 11.8 Å². The highest BCUT2D eigenvalue weighted by Crippen LogP contribution is 2.57. The summed E-state index contributed by atoms with van der Waals surface area (Å²) >= 11 is 1.74. The molecular formula is C53H38N2S. The lowest BCUT2D eigenvalue weighted by Crippen LogP contribution is -2.28. The van der Waals surface area contributed by atoms with Gasteiger partial charge < -0.3 is 4.90 Å². The molecule has 1 heterocycles. The number of anilines is 3. The predicted octanol–water partition coefficient (Wildman–Crippen LogP) is 14.1. The first-order valence-electron chi connectivity index (χ1n) is 19.1. The number of fused-ring (bicyclic) bond motifs is 4. The molecule has 0 atom stereocenters. The van der Waals surface area contributed by atoms with Gasteiger partial charge in [0.2, 0.25) is 0 Å². The van der Waals surface area contributed by atoms with Gasteiger partial charge >= 0.3 is 0 Å². The van der Waals surface area contributed by atoms with Crippen molar-refractivity contribution < 1.29 is 0 Å². The second-order valence-electron chi connectivity index (χ2n) is 14.3. The average Bonchev–Trinajstić information content (AvgIpc) is 3.58. The minimum absolute atomic E-state index is 0.492. The van der Waals surface area contributed by atoms with E-state index >= 15 is 0 Å². The summed E-state index contributed by atoms with van der Waals surface area (Å²) in [6, 6.07) is 75.2. The van der Waals surface area contributed by atoms with Crippen molar-refractivity contribution in [2.45, 2.75) is 10.3 Å². The standard InChI is InChI=1S/C53H38N2S/c1-56-51-36-54-50-24-14-12-22-47(50)52(51)39-27-31-43(32-28-39)55(42-29-25-38(26-30-42)37-15-5-2-6-16-37)44-33-34-46-45-21-11-13-23-48(45)53(49(46)35-44,40-17-7-3-8-18-40)41-19-9-4-10-20-41/h2-36H,1H3. The molecule has 3 heteroatoms. The molecule has 266 valence electrons. The van der Waals surface area contributed by atoms with Gasteiger partial charge in [-0.05, 0) is 98.8 Å². The highest BCUT2D eigenvalue weighted by molar-refractivity contribution is 7.98. The van der Waals surface area contributed by atoms with Gasteiger partial charge in [0.1, 0.15) is 0 Å². The van der Waals surface area contributed by atoms with Crippen LogP contribution in [0.25, 0.3) is 44.3 Å². The lowest BCUT2D eigenvalue weighted by Gasteiger charge is -2.35. The zero-order chi connectivity index (χ0) is 37.5. The van der Waals surface area contributed by atoms with Crippen molar-refractivity contribution in [1.82, 2.24) is 4.98 Å². The summed E-state index contributed by atoms with van der Waals surface area (Å²) in [6.45, 7) is 0. The van der Waals surface area contributed by atoms with Crippen LogP contribution < -0.4 is 4.90 Å². The fraction of sp³-hybridized carbons (Fsp3) is 0.0377. The van der Waals surface area contributed by atoms with Crippen LogP contribution in [-0.4, -0.2) is 11.2 Å². The third-order valence-corrected chi connectivity index (χ3v) is 12.1. The number of thioether (sulfide) groups is 1. The zero-order valence-corrected chi connectivity index (χ0v) is 31.8. The molecule has 9 aromatic rings. The molecule has 0 unspecified atom stereocenters. The molecule has 0 aliphatic heterocycles. The van der Waals surface area contributed by atoms with Crippen molar-refractivity contribution in [2.24, 2.45) is 0 Å². The maximum atomic E-state index is 4.76. The minimum atomic E-state index is -0.492. The first kappa shape index (κ1) is 33.9. The van der Waals surface area contributed by atoms with Crippen LogP contribution in [0.1, 0.15) is 22.3 Å². The summed E-state index contributed by atoms with van der Waals surface area (Å²) < 4.78 is 0. The fourth-order valence-corrected chi connectivity index (χ4v) is 9.40. The van der Waals surface area contributed by atoms with E-state index in [4.69, 9.17) is 4.98 Å². The van der Waals surface area contributed by atoms with Gasteiger partial charge in [-0.25, -0.2) is 0 Å². The van der Waals surface area contributed by atoms with Gasteiger partial charge in [0.05, 0.1) is 10.9 Å². The van der Waals surface area contributed by atoms with Crippen molar-refractivity contribution in [1.29, 1.82) is 0 Å². The normalized spacial score (nSPS) is 12.6. The molecule has 0 amide bonds. The minimum Gasteiger partial charge on any atom is -0.310 e. The predicted molar refractivity (Wildman–Crippen MR) is 236 cm³/mol. The first-order valence-corrected chi connectivity index (χ1v) is 20.3. The summed E-state index contributed by atoms with van der Waals surface area (Å²) in [5, 5.41) is 1.16. The molecule has 0 saturated heterocycles. The summed E-state index contributed by atoms with van der Waals surface area (Å²) in [6.07, 6.45) is 4.13. The van der Waals surface area contributed by atoms with E-state index in [9.17, 15) is 0 Å². The smallest absolute Gasteiger partial charge is 0.0714 e. The number of hydrogen-bond acceptors (Lipinski definition) is 3. The lowest BCUT2D eigenvalue weighted by atomic mass is 9.67. The summed E-state index contributed by atoms with van der Waals surface area (Å²) in [7, 11) is 0. The average molecular weight is 735 g/mol. The van der Waals surface area contributed by atoms with E-state index in [-0.39, 0.29) is 0 Å². The molecule has 10 rings (SSSR count). The quantitative estimate of drug-likeness (QED) is 0.145. The Bertz CT molecular complexity index is 2780. The van der Waals surface area contributed by atoms with Crippen molar-refractivity contribution >= 4 is 39.7 Å². The Morgan fingerprint density at radius 1 is 0.446 bits per heavy atom. The lowest BCUT2D eigenvalue weighted by molar-refractivity contribution is 0.768. The summed E-state index contributed by atoms with van der Waals surface area (Å²) in [5.74, 6) is 0. The van der Waals surface area contributed by atoms with E-state index in [1.165, 1.54) is 60.5 Å². The maximum Gasteiger partial charge on any atom is 0.0714 e. The van der Waals surface area contributed by atoms with Gasteiger partial charge in [-0.2, -0.15) is 0 Å². The zero-order valence-electron chi connectivity index (χ0n) is 31.0. The summed E-state index contributed by atoms with van der Waals surface area (Å²) in [5.41, 5.74) is 16.2. The van der Waals surface area contributed by atoms with Gasteiger partial charge in [0.25, 0.3) is 0 Å². The number of aromatic nitrogens is 1. The van der Waals surface area contributed by atoms with Crippen molar-refractivity contribution in [3.8, 4) is 33.4 Å². The van der Waals surface area contributed by atoms with Gasteiger partial charge in [-0.3, -0.25) is 4.98 Å². The number of nitrogens with zero attached hydrogens (tertiary/aromatic N) is 2. The van der Waals surface area contributed by atoms with Crippen molar-refractivity contribution in [2.75, 3.05) is 11.2 Å². The van der Waals surface area contributed by atoms with Gasteiger partial charge in [-0.1, -0.05) is 164 Å². The molecule has 8 aromatic carbocycles. The number of rotatable bonds is 8. The summed E-state index contributed by atoms with van der Waals surface area (Å²) in [4.78, 5) is 8.34. The fourth-order valence-electron chi connectivity index (χ4n) is 8.81. The van der Waals surface area contributed by atoms with E-state index in [0.717, 1.165) is 28.0 Å². The van der Waals surface area contributed by atoms with Crippen LogP contribution in [0.3, 0.4) is 0 Å². The Balaban J connectivity index is 1.18. The van der Waals surface area contributed by atoms with Gasteiger partial charge in [0, 0.05) is 39.1 Å². The topological polar surface area (TPSA) is 16.1 Å². The van der Waals surface area contributed by atoms with E-state index in [2.05, 4.69) is 217 Å². The molecule has 2 nitrogen and oxygen atoms in total. The van der Waals surface area contributed by atoms with Crippen LogP contribution in [0.5, 0.6) is 0 Å². The third-order valence-electron chi connectivity index (χ3n) is 11.3. The van der Waals surface area contributed by atoms with Crippen LogP contribution in [-0.2, 0) is 5.41 Å². The van der Waals surface area contributed by atoms with Gasteiger partial charge in [-0.15, -0.1) is 11.8 Å². The van der Waals surface area contributed by atoms with Crippen LogP contribution in [0.15, 0.2) is 217 Å². The Hall–Kier alpha value is -6.68. The molecule has 0 saturated carbocycles. The Morgan fingerprint density at radius 2 is 0.964 bits per heavy atom. The molecule has 1 aliphatic carbocycles. The molecule has 0 bridgehead atoms. The maximum absolute atomic E-state index is 4.76. The van der Waals surface area contributed by atoms with E-state index in [0.29, 0.717) is 0 Å². The highest BCUT2D eigenvalue weighted by Gasteiger charge is 2.46. The van der Waals surface area contributed by atoms with E-state index in [1.54, 1.807) is 11.8 Å². The van der Waals surface area contributed by atoms with E-state index < -0.39 is 5.41 Å². The molecule has 0 radical (unpaired) electrons. The number of para-hydroxylation sites is 1. The Kier molecular flexibility index (Phi) is 8.58. The van der Waals surface area contributed by atoms with Crippen LogP contribution in [0.2, 0.25) is 0 Å². The van der Waals surface area contributed by atoms with Crippen LogP contribution in [0, 0.1) is 0 Å². The second kappa shape index (κ2) is 14.2. The Morgan fingerprint density at radius 3 is 1.62 bits per heavy atom. The van der Waals surface area contributed by atoms with Crippen molar-refractivity contribution in [3.05, 3.63) is 235 Å². The van der Waals surface area contributed by atoms with E-state index in [1.807, 2.05) is 6.20 Å². The third kappa shape index (κ3) is 5.54. The van der Waals surface area contributed by atoms with Gasteiger partial charge in [0.15, 0.2) is 0 Å². The number of hydrogen-bond donors (Lipinski definition) is 0. The number of pyridine rings is 1. The molecule has 0 spiro atoms. The first-order chi connectivity index (χ1) is 27.7. The molecule has 56 heavy (non-hydrogen) atoms.